The molecule has 0 aliphatic heterocycles. The third kappa shape index (κ3) is 11.1. The molecular formula is C38H36F3N7O8. The van der Waals surface area contributed by atoms with Crippen LogP contribution >= 0.6 is 0 Å². The van der Waals surface area contributed by atoms with Gasteiger partial charge in [0, 0.05) is 24.0 Å². The minimum absolute atomic E-state index is 0.0329. The summed E-state index contributed by atoms with van der Waals surface area (Å²) < 4.78 is 58.7. The van der Waals surface area contributed by atoms with Crippen LogP contribution in [0.1, 0.15) is 38.4 Å². The van der Waals surface area contributed by atoms with E-state index >= 15 is 0 Å². The predicted molar refractivity (Wildman–Crippen MR) is 193 cm³/mol. The predicted octanol–water partition coefficient (Wildman–Crippen LogP) is 5.12. The van der Waals surface area contributed by atoms with Gasteiger partial charge < -0.3 is 19.5 Å². The highest BCUT2D eigenvalue weighted by atomic mass is 19.4. The highest BCUT2D eigenvalue weighted by molar-refractivity contribution is 5.93. The number of nitrogens with zero attached hydrogens (tertiary/aromatic N) is 5. The van der Waals surface area contributed by atoms with Crippen molar-refractivity contribution in [1.82, 2.24) is 29.6 Å². The lowest BCUT2D eigenvalue weighted by Crippen LogP contribution is -2.47. The molecule has 3 heterocycles. The number of pyridine rings is 1. The zero-order valence-corrected chi connectivity index (χ0v) is 30.3. The maximum Gasteiger partial charge on any atom is 0.435 e. The van der Waals surface area contributed by atoms with Gasteiger partial charge in [-0.25, -0.2) is 14.5 Å². The van der Waals surface area contributed by atoms with E-state index in [0.29, 0.717) is 17.2 Å². The first-order valence-corrected chi connectivity index (χ1v) is 16.9. The standard InChI is InChI=1S/C38H36F3N7O8/c1-37(2,3)56-33(51)17-27(29(49)23-54-32-18-30(38(39,40)41)46-48(32)26-14-8-5-9-15-26)44-31(50)21-47-34(25-13-10-16-42-19-25)43-20-28(35(47)52)45-36(53)55-22-24-11-6-4-7-12-24/h4-16,18-20,27H,17,21-23H2,1-3H3,(H,44,50)(H,45,53)/t27-/m0/s1. The highest BCUT2D eigenvalue weighted by Gasteiger charge is 2.36. The molecule has 5 rings (SSSR count). The van der Waals surface area contributed by atoms with E-state index in [4.69, 9.17) is 14.2 Å². The molecule has 15 nitrogen and oxygen atoms in total. The number of aromatic nitrogens is 5. The molecule has 0 unspecified atom stereocenters. The van der Waals surface area contributed by atoms with Crippen LogP contribution in [-0.2, 0) is 43.2 Å². The SMILES string of the molecule is CC(C)(C)OC(=O)C[C@H](NC(=O)Cn1c(-c2cccnc2)ncc(NC(=O)OCc2ccccc2)c1=O)C(=O)COc1cc(C(F)(F)F)nn1-c1ccccc1. The Hall–Kier alpha value is -6.85. The van der Waals surface area contributed by atoms with Gasteiger partial charge in [-0.2, -0.15) is 18.3 Å². The van der Waals surface area contributed by atoms with E-state index in [1.807, 2.05) is 0 Å². The number of hydrogen-bond acceptors (Lipinski definition) is 11. The van der Waals surface area contributed by atoms with Crippen LogP contribution in [-0.4, -0.2) is 66.3 Å². The van der Waals surface area contributed by atoms with Crippen molar-refractivity contribution in [2.24, 2.45) is 0 Å². The molecule has 0 radical (unpaired) electrons. The van der Waals surface area contributed by atoms with E-state index in [0.717, 1.165) is 15.4 Å². The summed E-state index contributed by atoms with van der Waals surface area (Å²) in [4.78, 5) is 74.8. The van der Waals surface area contributed by atoms with Crippen LogP contribution in [0.5, 0.6) is 5.88 Å². The monoisotopic (exact) mass is 775 g/mol. The van der Waals surface area contributed by atoms with E-state index in [-0.39, 0.29) is 23.8 Å². The Morgan fingerprint density at radius 3 is 2.25 bits per heavy atom. The molecule has 3 aromatic heterocycles. The van der Waals surface area contributed by atoms with Gasteiger partial charge in [0.05, 0.1) is 18.3 Å². The second-order valence-electron chi connectivity index (χ2n) is 13.1. The molecule has 0 fully saturated rings. The van der Waals surface area contributed by atoms with Gasteiger partial charge in [0.25, 0.3) is 5.56 Å². The second-order valence-corrected chi connectivity index (χ2v) is 13.1. The lowest BCUT2D eigenvalue weighted by atomic mass is 10.1. The van der Waals surface area contributed by atoms with Gasteiger partial charge >= 0.3 is 18.2 Å². The van der Waals surface area contributed by atoms with Crippen LogP contribution < -0.4 is 20.9 Å². The van der Waals surface area contributed by atoms with Gasteiger partial charge in [-0.05, 0) is 50.6 Å². The molecular weight excluding hydrogens is 739 g/mol. The summed E-state index contributed by atoms with van der Waals surface area (Å²) in [5, 5.41) is 8.32. The number of hydrogen-bond donors (Lipinski definition) is 2. The van der Waals surface area contributed by atoms with E-state index in [1.54, 1.807) is 81.4 Å². The number of alkyl halides is 3. The molecule has 0 saturated carbocycles. The van der Waals surface area contributed by atoms with Gasteiger partial charge in [-0.3, -0.25) is 34.0 Å². The Morgan fingerprint density at radius 2 is 1.61 bits per heavy atom. The van der Waals surface area contributed by atoms with E-state index in [2.05, 4.69) is 25.7 Å². The van der Waals surface area contributed by atoms with Crippen molar-refractivity contribution in [2.75, 3.05) is 11.9 Å². The number of para-hydroxylation sites is 1. The number of rotatable bonds is 14. The van der Waals surface area contributed by atoms with Crippen molar-refractivity contribution >= 4 is 29.4 Å². The fraction of sp³-hybridized carbons (Fsp3) is 0.263. The largest absolute Gasteiger partial charge is 0.469 e. The maximum absolute atomic E-state index is 13.7. The van der Waals surface area contributed by atoms with Gasteiger partial charge in [-0.1, -0.05) is 48.5 Å². The van der Waals surface area contributed by atoms with Crippen LogP contribution in [0, 0.1) is 0 Å². The Balaban J connectivity index is 1.39. The van der Waals surface area contributed by atoms with Crippen LogP contribution in [0.25, 0.3) is 17.1 Å². The number of benzene rings is 2. The molecule has 0 aliphatic rings. The summed E-state index contributed by atoms with van der Waals surface area (Å²) in [6.07, 6.45) is -2.58. The fourth-order valence-corrected chi connectivity index (χ4v) is 5.10. The maximum atomic E-state index is 13.7. The summed E-state index contributed by atoms with van der Waals surface area (Å²) in [6, 6.07) is 18.6. The van der Waals surface area contributed by atoms with Crippen molar-refractivity contribution in [3.8, 4) is 23.0 Å². The molecule has 2 N–H and O–H groups in total. The molecule has 0 bridgehead atoms. The summed E-state index contributed by atoms with van der Waals surface area (Å²) in [5.74, 6) is -3.24. The first kappa shape index (κ1) is 40.3. The quantitative estimate of drug-likeness (QED) is 0.143. The van der Waals surface area contributed by atoms with Crippen molar-refractivity contribution in [1.29, 1.82) is 0 Å². The number of esters is 1. The number of carbonyl (C=O) groups is 4. The number of ether oxygens (including phenoxy) is 3. The molecule has 2 amide bonds. The van der Waals surface area contributed by atoms with Crippen LogP contribution in [0.2, 0.25) is 0 Å². The van der Waals surface area contributed by atoms with Crippen molar-refractivity contribution < 1.29 is 46.6 Å². The average Bonchev–Trinajstić information content (AvgIpc) is 3.60. The molecule has 2 aromatic carbocycles. The van der Waals surface area contributed by atoms with Crippen molar-refractivity contribution in [3.05, 3.63) is 119 Å². The summed E-state index contributed by atoms with van der Waals surface area (Å²) in [7, 11) is 0. The molecule has 56 heavy (non-hydrogen) atoms. The molecule has 292 valence electrons. The number of carbonyl (C=O) groups excluding carboxylic acids is 4. The Labute approximate surface area is 317 Å². The van der Waals surface area contributed by atoms with E-state index < -0.39 is 78.3 Å². The van der Waals surface area contributed by atoms with Crippen LogP contribution in [0.15, 0.2) is 102 Å². The van der Waals surface area contributed by atoms with Crippen molar-refractivity contribution in [2.45, 2.75) is 58.2 Å². The lowest BCUT2D eigenvalue weighted by Gasteiger charge is -2.23. The normalized spacial score (nSPS) is 12.0. The topological polar surface area (TPSA) is 186 Å². The Kier molecular flexibility index (Phi) is 12.6. The molecule has 0 aliphatic carbocycles. The van der Waals surface area contributed by atoms with Gasteiger partial charge in [0.2, 0.25) is 11.8 Å². The first-order chi connectivity index (χ1) is 26.6. The molecule has 0 spiro atoms. The van der Waals surface area contributed by atoms with E-state index in [9.17, 15) is 37.1 Å². The van der Waals surface area contributed by atoms with Crippen LogP contribution in [0.3, 0.4) is 0 Å². The van der Waals surface area contributed by atoms with Gasteiger partial charge in [0.1, 0.15) is 36.3 Å². The van der Waals surface area contributed by atoms with Gasteiger partial charge in [-0.15, -0.1) is 0 Å². The van der Waals surface area contributed by atoms with E-state index in [1.165, 1.54) is 24.5 Å². The zero-order chi connectivity index (χ0) is 40.5. The van der Waals surface area contributed by atoms with Gasteiger partial charge in [0.15, 0.2) is 18.1 Å². The number of nitrogens with one attached hydrogen (secondary N) is 2. The zero-order valence-electron chi connectivity index (χ0n) is 30.3. The molecule has 5 aromatic rings. The van der Waals surface area contributed by atoms with Crippen LogP contribution in [0.4, 0.5) is 23.7 Å². The lowest BCUT2D eigenvalue weighted by molar-refractivity contribution is -0.156. The smallest absolute Gasteiger partial charge is 0.435 e. The number of ketones is 1. The third-order valence-corrected chi connectivity index (χ3v) is 7.56. The molecule has 0 saturated heterocycles. The Morgan fingerprint density at radius 1 is 0.911 bits per heavy atom. The third-order valence-electron chi connectivity index (χ3n) is 7.56. The number of Topliss-reactive ketones (excluding diaryl/α,β-unsaturated/α-hetero) is 1. The summed E-state index contributed by atoms with van der Waals surface area (Å²) in [5.41, 5.74) is -2.27. The minimum Gasteiger partial charge on any atom is -0.469 e. The Bertz CT molecular complexity index is 2220. The fourth-order valence-electron chi connectivity index (χ4n) is 5.10. The highest BCUT2D eigenvalue weighted by Crippen LogP contribution is 2.32. The van der Waals surface area contributed by atoms with Crippen molar-refractivity contribution in [3.63, 3.8) is 0 Å². The number of anilines is 1. The number of halogens is 3. The number of amides is 2. The molecule has 18 heteroatoms. The summed E-state index contributed by atoms with van der Waals surface area (Å²) >= 11 is 0. The minimum atomic E-state index is -4.84. The molecule has 1 atom stereocenters. The first-order valence-electron chi connectivity index (χ1n) is 16.9. The average molecular weight is 776 g/mol. The summed E-state index contributed by atoms with van der Waals surface area (Å²) in [6.45, 7) is 2.98. The second kappa shape index (κ2) is 17.5.